The molecule has 6 nitrogen and oxygen atoms in total. The molecule has 410 valence electrons. The zero-order valence-corrected chi connectivity index (χ0v) is 47.7. The molecule has 3 aliphatic rings. The van der Waals surface area contributed by atoms with E-state index in [4.69, 9.17) is 24.9 Å². The van der Waals surface area contributed by atoms with Crippen molar-refractivity contribution in [2.75, 3.05) is 6.54 Å². The maximum atomic E-state index is 5.45. The van der Waals surface area contributed by atoms with Gasteiger partial charge in [-0.2, -0.15) is 0 Å². The number of aromatic nitrogens is 3. The summed E-state index contributed by atoms with van der Waals surface area (Å²) >= 11 is 0. The Bertz CT molecular complexity index is 4640. The molecule has 0 N–H and O–H groups in total. The third-order valence-electron chi connectivity index (χ3n) is 17.1. The Morgan fingerprint density at radius 2 is 0.747 bits per heavy atom. The molecule has 0 amide bonds. The van der Waals surface area contributed by atoms with Gasteiger partial charge >= 0.3 is 0 Å². The van der Waals surface area contributed by atoms with Crippen molar-refractivity contribution < 1.29 is 0 Å². The van der Waals surface area contributed by atoms with E-state index in [9.17, 15) is 0 Å². The number of fused-ring (bicyclic) bond motifs is 10. The molecule has 0 saturated carbocycles. The molecule has 0 radical (unpaired) electrons. The van der Waals surface area contributed by atoms with Crippen molar-refractivity contribution in [1.29, 1.82) is 0 Å². The number of amidine groups is 2. The summed E-state index contributed by atoms with van der Waals surface area (Å²) in [7, 11) is 0. The van der Waals surface area contributed by atoms with E-state index in [0.717, 1.165) is 95.4 Å². The molecule has 0 aliphatic heterocycles. The highest BCUT2D eigenvalue weighted by Crippen LogP contribution is 2.63. The summed E-state index contributed by atoms with van der Waals surface area (Å²) in [5.74, 6) is 2.82. The van der Waals surface area contributed by atoms with E-state index in [1.165, 1.54) is 33.4 Å². The summed E-state index contributed by atoms with van der Waals surface area (Å²) in [6, 6.07) is 98.5. The summed E-state index contributed by atoms with van der Waals surface area (Å²) in [6.45, 7) is 4.49. The van der Waals surface area contributed by atoms with E-state index >= 15 is 0 Å². The fourth-order valence-electron chi connectivity index (χ4n) is 12.8. The van der Waals surface area contributed by atoms with E-state index in [0.29, 0.717) is 35.7 Å². The van der Waals surface area contributed by atoms with Crippen molar-refractivity contribution in [3.05, 3.63) is 348 Å². The Morgan fingerprint density at radius 3 is 1.28 bits per heavy atom. The van der Waals surface area contributed by atoms with Gasteiger partial charge in [0.2, 0.25) is 0 Å². The van der Waals surface area contributed by atoms with Gasteiger partial charge in [0.05, 0.1) is 12.0 Å². The largest absolute Gasteiger partial charge is 0.261 e. The lowest BCUT2D eigenvalue weighted by molar-refractivity contribution is 0.793. The summed E-state index contributed by atoms with van der Waals surface area (Å²) in [6.07, 6.45) is 9.69. The monoisotopic (exact) mass is 1110 g/mol. The zero-order valence-electron chi connectivity index (χ0n) is 47.7. The third-order valence-corrected chi connectivity index (χ3v) is 17.1. The quantitative estimate of drug-likeness (QED) is 0.0956. The predicted molar refractivity (Wildman–Crippen MR) is 359 cm³/mol. The van der Waals surface area contributed by atoms with E-state index in [2.05, 4.69) is 297 Å². The van der Waals surface area contributed by atoms with Crippen LogP contribution < -0.4 is 0 Å². The number of hydrogen-bond donors (Lipinski definition) is 0. The molecule has 12 aromatic rings. The normalized spacial score (nSPS) is 14.8. The fourth-order valence-corrected chi connectivity index (χ4v) is 12.8. The first-order chi connectivity index (χ1) is 43.0. The Kier molecular flexibility index (Phi) is 13.7. The highest BCUT2D eigenvalue weighted by Gasteiger charge is 2.52. The van der Waals surface area contributed by atoms with Crippen LogP contribution in [0.1, 0.15) is 45.4 Å². The highest BCUT2D eigenvalue weighted by molar-refractivity contribution is 6.13. The molecule has 11 aromatic carbocycles. The average Bonchev–Trinajstić information content (AvgIpc) is 1.52. The summed E-state index contributed by atoms with van der Waals surface area (Å²) in [5.41, 5.74) is 23.3. The lowest BCUT2D eigenvalue weighted by Gasteiger charge is -2.31. The van der Waals surface area contributed by atoms with Crippen LogP contribution in [-0.2, 0) is 5.41 Å². The van der Waals surface area contributed by atoms with Gasteiger partial charge in [-0.3, -0.25) is 4.99 Å². The SMILES string of the molecule is C=NC(=NC(=NCC1=CCC=C(c2ccccc2)C=C1)c1ccc2c(c1)C1(c3ccccc3-2)c2ccccc2-c2ccc(-c3nc(-c4ccc(-c5ccccc5)cc4)nc(-c4ccc(-c5ccccc5)cc4)n3)cc21)c1ccc(-c2ccccc2)cc1. The van der Waals surface area contributed by atoms with Crippen LogP contribution >= 0.6 is 0 Å². The Hall–Kier alpha value is -11.3. The second-order valence-electron chi connectivity index (χ2n) is 22.1. The minimum atomic E-state index is -0.739. The minimum Gasteiger partial charge on any atom is -0.261 e. The van der Waals surface area contributed by atoms with Gasteiger partial charge in [-0.25, -0.2) is 24.9 Å². The van der Waals surface area contributed by atoms with Gasteiger partial charge in [0.15, 0.2) is 29.1 Å². The molecule has 1 unspecified atom stereocenters. The zero-order chi connectivity index (χ0) is 58.1. The molecular weight excluding hydrogens is 1060 g/mol. The molecule has 1 aromatic heterocycles. The maximum absolute atomic E-state index is 5.45. The number of allylic oxidation sites excluding steroid dienone is 4. The first-order valence-electron chi connectivity index (χ1n) is 29.5. The van der Waals surface area contributed by atoms with Crippen LogP contribution in [0.5, 0.6) is 0 Å². The molecule has 1 spiro atoms. The predicted octanol–water partition coefficient (Wildman–Crippen LogP) is 19.1. The standard InChI is InChI=1S/C81H56N6/c1-82-76(63-41-35-60(36-42-63)56-22-8-3-9-23-56)84-77(83-53-54-19-18-28-59(34-33-54)55-20-6-2-7-21-55)66-47-49-70-68-29-14-16-31-72(68)81(74(70)51-66)73-32-17-15-30-69(73)71-50-48-67(52-75(71)81)80-86-78(64-43-37-61(38-44-64)57-24-10-4-11-25-57)85-79(87-80)65-45-39-62(40-46-65)58-26-12-5-13-27-58/h2-17,19-52H,1,18,53H2. The van der Waals surface area contributed by atoms with Gasteiger partial charge in [0.1, 0.15) is 0 Å². The van der Waals surface area contributed by atoms with Crippen LogP contribution in [0.3, 0.4) is 0 Å². The molecular formula is C81H56N6. The number of aliphatic imine (C=N–C) groups is 3. The van der Waals surface area contributed by atoms with Crippen molar-refractivity contribution in [2.45, 2.75) is 11.8 Å². The number of rotatable bonds is 11. The average molecular weight is 1110 g/mol. The van der Waals surface area contributed by atoms with Crippen LogP contribution in [0.25, 0.3) is 95.4 Å². The third kappa shape index (κ3) is 9.79. The van der Waals surface area contributed by atoms with Crippen molar-refractivity contribution in [2.24, 2.45) is 15.0 Å². The second-order valence-corrected chi connectivity index (χ2v) is 22.1. The van der Waals surface area contributed by atoms with E-state index in [1.54, 1.807) is 0 Å². The molecule has 3 aliphatic carbocycles. The molecule has 1 atom stereocenters. The smallest absolute Gasteiger partial charge is 0.164 e. The molecule has 1 heterocycles. The van der Waals surface area contributed by atoms with Gasteiger partial charge in [0, 0.05) is 27.8 Å². The van der Waals surface area contributed by atoms with E-state index in [1.807, 2.05) is 18.2 Å². The lowest BCUT2D eigenvalue weighted by atomic mass is 9.70. The Morgan fingerprint density at radius 1 is 0.345 bits per heavy atom. The first kappa shape index (κ1) is 52.5. The molecule has 6 heteroatoms. The van der Waals surface area contributed by atoms with Crippen LogP contribution in [-0.4, -0.2) is 39.9 Å². The summed E-state index contributed by atoms with van der Waals surface area (Å²) < 4.78 is 0. The Balaban J connectivity index is 0.879. The number of benzene rings is 11. The van der Waals surface area contributed by atoms with Gasteiger partial charge in [-0.1, -0.05) is 291 Å². The molecule has 87 heavy (non-hydrogen) atoms. The van der Waals surface area contributed by atoms with Gasteiger partial charge in [0.25, 0.3) is 0 Å². The van der Waals surface area contributed by atoms with Crippen molar-refractivity contribution in [1.82, 2.24) is 15.0 Å². The maximum Gasteiger partial charge on any atom is 0.164 e. The molecule has 0 saturated heterocycles. The van der Waals surface area contributed by atoms with Crippen LogP contribution in [0.15, 0.2) is 324 Å². The van der Waals surface area contributed by atoms with Crippen LogP contribution in [0.4, 0.5) is 0 Å². The first-order valence-corrected chi connectivity index (χ1v) is 29.5. The lowest BCUT2D eigenvalue weighted by Crippen LogP contribution is -2.26. The molecule has 0 bridgehead atoms. The van der Waals surface area contributed by atoms with Gasteiger partial charge in [-0.15, -0.1) is 0 Å². The fraction of sp³-hybridized carbons (Fsp3) is 0.0370. The van der Waals surface area contributed by atoms with Gasteiger partial charge in [-0.05, 0) is 120 Å². The summed E-state index contributed by atoms with van der Waals surface area (Å²) in [4.78, 5) is 31.4. The van der Waals surface area contributed by atoms with Crippen LogP contribution in [0.2, 0.25) is 0 Å². The number of nitrogens with zero attached hydrogens (tertiary/aromatic N) is 6. The molecule has 15 rings (SSSR count). The highest BCUT2D eigenvalue weighted by atomic mass is 15.0. The Labute approximate surface area is 507 Å². The van der Waals surface area contributed by atoms with Crippen molar-refractivity contribution in [3.8, 4) is 89.8 Å². The topological polar surface area (TPSA) is 75.8 Å². The van der Waals surface area contributed by atoms with E-state index in [-0.39, 0.29) is 0 Å². The van der Waals surface area contributed by atoms with Crippen molar-refractivity contribution in [3.63, 3.8) is 0 Å². The van der Waals surface area contributed by atoms with Crippen LogP contribution in [0, 0.1) is 0 Å². The van der Waals surface area contributed by atoms with Crippen molar-refractivity contribution >= 4 is 24.0 Å². The number of hydrogen-bond acceptors (Lipinski definition) is 4. The second kappa shape index (κ2) is 22.7. The van der Waals surface area contributed by atoms with E-state index < -0.39 is 5.41 Å². The molecule has 0 fully saturated rings. The summed E-state index contributed by atoms with van der Waals surface area (Å²) in [5, 5.41) is 0. The minimum absolute atomic E-state index is 0.407. The van der Waals surface area contributed by atoms with Gasteiger partial charge < -0.3 is 0 Å².